The Labute approximate surface area is 167 Å². The lowest BCUT2D eigenvalue weighted by molar-refractivity contribution is -0.122. The number of rotatable bonds is 6. The summed E-state index contributed by atoms with van der Waals surface area (Å²) in [6.07, 6.45) is 0. The third kappa shape index (κ3) is 5.69. The van der Waals surface area contributed by atoms with Crippen molar-refractivity contribution in [2.75, 3.05) is 24.2 Å². The third-order valence-electron chi connectivity index (χ3n) is 3.94. The Bertz CT molecular complexity index is 896. The topological polar surface area (TPSA) is 85.2 Å². The zero-order chi connectivity index (χ0) is 20.0. The van der Waals surface area contributed by atoms with Gasteiger partial charge in [0.25, 0.3) is 0 Å². The van der Waals surface area contributed by atoms with E-state index in [2.05, 4.69) is 10.6 Å². The molecule has 0 bridgehead atoms. The lowest BCUT2D eigenvalue weighted by Crippen LogP contribution is -2.43. The van der Waals surface area contributed by atoms with Crippen LogP contribution >= 0.6 is 23.2 Å². The van der Waals surface area contributed by atoms with Crippen molar-refractivity contribution >= 4 is 46.4 Å². The van der Waals surface area contributed by atoms with Crippen molar-refractivity contribution in [1.29, 1.82) is 5.26 Å². The Morgan fingerprint density at radius 1 is 1.15 bits per heavy atom. The summed E-state index contributed by atoms with van der Waals surface area (Å²) in [6, 6.07) is 12.9. The molecule has 0 fully saturated rings. The molecule has 6 nitrogen and oxygen atoms in total. The molecule has 0 heterocycles. The van der Waals surface area contributed by atoms with Gasteiger partial charge in [-0.3, -0.25) is 14.5 Å². The molecule has 0 aliphatic rings. The van der Waals surface area contributed by atoms with Gasteiger partial charge in [0.2, 0.25) is 11.8 Å². The number of hydrogen-bond acceptors (Lipinski definition) is 4. The predicted molar refractivity (Wildman–Crippen MR) is 107 cm³/mol. The van der Waals surface area contributed by atoms with Gasteiger partial charge in [0.1, 0.15) is 6.07 Å². The number of nitrogens with one attached hydrogen (secondary N) is 2. The molecular weight excluding hydrogens is 387 g/mol. The van der Waals surface area contributed by atoms with Crippen LogP contribution in [-0.2, 0) is 9.59 Å². The molecule has 1 atom stereocenters. The van der Waals surface area contributed by atoms with Gasteiger partial charge < -0.3 is 10.6 Å². The van der Waals surface area contributed by atoms with Crippen molar-refractivity contribution in [3.8, 4) is 6.07 Å². The van der Waals surface area contributed by atoms with Gasteiger partial charge in [0, 0.05) is 5.69 Å². The smallest absolute Gasteiger partial charge is 0.241 e. The van der Waals surface area contributed by atoms with Gasteiger partial charge in [-0.2, -0.15) is 5.26 Å². The molecule has 0 saturated carbocycles. The number of halogens is 2. The third-order valence-corrected chi connectivity index (χ3v) is 4.58. The molecule has 2 rings (SSSR count). The van der Waals surface area contributed by atoms with E-state index in [0.717, 1.165) is 0 Å². The molecule has 2 aromatic carbocycles. The summed E-state index contributed by atoms with van der Waals surface area (Å²) >= 11 is 12.0. The Morgan fingerprint density at radius 2 is 1.85 bits per heavy atom. The van der Waals surface area contributed by atoms with Gasteiger partial charge in [0.05, 0.1) is 33.9 Å². The highest BCUT2D eigenvalue weighted by atomic mass is 35.5. The first-order valence-corrected chi connectivity index (χ1v) is 8.82. The van der Waals surface area contributed by atoms with Gasteiger partial charge in [-0.25, -0.2) is 0 Å². The molecule has 0 aliphatic carbocycles. The first-order chi connectivity index (χ1) is 12.8. The van der Waals surface area contributed by atoms with Crippen molar-refractivity contribution in [2.45, 2.75) is 13.0 Å². The van der Waals surface area contributed by atoms with Crippen LogP contribution in [0.25, 0.3) is 0 Å². The molecule has 0 spiro atoms. The average molecular weight is 405 g/mol. The molecule has 2 amide bonds. The van der Waals surface area contributed by atoms with Crippen LogP contribution in [0, 0.1) is 11.3 Å². The molecule has 0 aromatic heterocycles. The molecule has 27 heavy (non-hydrogen) atoms. The SMILES string of the molecule is CC(C(=O)Nc1ccc(C#N)c(Cl)c1)N(C)CC(=O)Nc1ccccc1Cl. The van der Waals surface area contributed by atoms with E-state index in [9.17, 15) is 9.59 Å². The van der Waals surface area contributed by atoms with Crippen molar-refractivity contribution in [1.82, 2.24) is 4.90 Å². The zero-order valence-electron chi connectivity index (χ0n) is 14.8. The highest BCUT2D eigenvalue weighted by Crippen LogP contribution is 2.21. The standard InChI is InChI=1S/C19H18Cl2N4O2/c1-12(19(27)23-14-8-7-13(10-22)16(21)9-14)25(2)11-18(26)24-17-6-4-3-5-15(17)20/h3-9,12H,11H2,1-2H3,(H,23,27)(H,24,26). The fraction of sp³-hybridized carbons (Fsp3) is 0.211. The minimum Gasteiger partial charge on any atom is -0.325 e. The van der Waals surface area contributed by atoms with Gasteiger partial charge >= 0.3 is 0 Å². The molecule has 0 radical (unpaired) electrons. The van der Waals surface area contributed by atoms with Gasteiger partial charge in [-0.15, -0.1) is 0 Å². The quantitative estimate of drug-likeness (QED) is 0.767. The summed E-state index contributed by atoms with van der Waals surface area (Å²) in [5, 5.41) is 15.0. The van der Waals surface area contributed by atoms with E-state index in [0.29, 0.717) is 22.0 Å². The maximum atomic E-state index is 12.4. The Balaban J connectivity index is 1.93. The zero-order valence-corrected chi connectivity index (χ0v) is 16.3. The number of hydrogen-bond donors (Lipinski definition) is 2. The van der Waals surface area contributed by atoms with Crippen LogP contribution in [0.2, 0.25) is 10.0 Å². The van der Waals surface area contributed by atoms with Crippen molar-refractivity contribution in [2.24, 2.45) is 0 Å². The fourth-order valence-corrected chi connectivity index (χ4v) is 2.65. The highest BCUT2D eigenvalue weighted by molar-refractivity contribution is 6.33. The largest absolute Gasteiger partial charge is 0.325 e. The monoisotopic (exact) mass is 404 g/mol. The first kappa shape index (κ1) is 20.7. The number of amides is 2. The van der Waals surface area contributed by atoms with E-state index in [1.807, 2.05) is 6.07 Å². The van der Waals surface area contributed by atoms with E-state index >= 15 is 0 Å². The molecule has 2 N–H and O–H groups in total. The average Bonchev–Trinajstić information content (AvgIpc) is 2.63. The van der Waals surface area contributed by atoms with Gasteiger partial charge in [-0.1, -0.05) is 35.3 Å². The Hall–Kier alpha value is -2.59. The van der Waals surface area contributed by atoms with Gasteiger partial charge in [-0.05, 0) is 44.3 Å². The minimum atomic E-state index is -0.573. The molecule has 8 heteroatoms. The Kier molecular flexibility index (Phi) is 7.19. The molecule has 1 unspecified atom stereocenters. The van der Waals surface area contributed by atoms with Crippen molar-refractivity contribution < 1.29 is 9.59 Å². The second-order valence-corrected chi connectivity index (χ2v) is 6.73. The van der Waals surface area contributed by atoms with Crippen LogP contribution in [0.5, 0.6) is 0 Å². The van der Waals surface area contributed by atoms with E-state index in [-0.39, 0.29) is 23.4 Å². The van der Waals surface area contributed by atoms with Crippen LogP contribution < -0.4 is 10.6 Å². The number of nitrogens with zero attached hydrogens (tertiary/aromatic N) is 2. The second kappa shape index (κ2) is 9.38. The van der Waals surface area contributed by atoms with Crippen molar-refractivity contribution in [3.05, 3.63) is 58.1 Å². The number of carbonyl (C=O) groups is 2. The number of carbonyl (C=O) groups excluding carboxylic acids is 2. The maximum Gasteiger partial charge on any atom is 0.241 e. The van der Waals surface area contributed by atoms with E-state index in [1.165, 1.54) is 12.1 Å². The number of likely N-dealkylation sites (N-methyl/N-ethyl adjacent to an activating group) is 1. The predicted octanol–water partition coefficient (Wildman–Crippen LogP) is 3.76. The number of anilines is 2. The summed E-state index contributed by atoms with van der Waals surface area (Å²) < 4.78 is 0. The summed E-state index contributed by atoms with van der Waals surface area (Å²) in [7, 11) is 1.67. The maximum absolute atomic E-state index is 12.4. The summed E-state index contributed by atoms with van der Waals surface area (Å²) in [6.45, 7) is 1.69. The van der Waals surface area contributed by atoms with E-state index in [4.69, 9.17) is 28.5 Å². The lowest BCUT2D eigenvalue weighted by atomic mass is 10.2. The highest BCUT2D eigenvalue weighted by Gasteiger charge is 2.21. The van der Waals surface area contributed by atoms with Crippen molar-refractivity contribution in [3.63, 3.8) is 0 Å². The van der Waals surface area contributed by atoms with Gasteiger partial charge in [0.15, 0.2) is 0 Å². The van der Waals surface area contributed by atoms with Crippen LogP contribution in [0.1, 0.15) is 12.5 Å². The van der Waals surface area contributed by atoms with Crippen LogP contribution in [0.4, 0.5) is 11.4 Å². The van der Waals surface area contributed by atoms with Crippen LogP contribution in [-0.4, -0.2) is 36.3 Å². The normalized spacial score (nSPS) is 11.6. The first-order valence-electron chi connectivity index (χ1n) is 8.07. The number of benzene rings is 2. The molecule has 0 saturated heterocycles. The summed E-state index contributed by atoms with van der Waals surface area (Å²) in [5.74, 6) is -0.588. The van der Waals surface area contributed by atoms with E-state index < -0.39 is 6.04 Å². The molecule has 140 valence electrons. The van der Waals surface area contributed by atoms with Crippen LogP contribution in [0.3, 0.4) is 0 Å². The van der Waals surface area contributed by atoms with E-state index in [1.54, 1.807) is 49.2 Å². The molecular formula is C19H18Cl2N4O2. The fourth-order valence-electron chi connectivity index (χ4n) is 2.25. The molecule has 0 aliphatic heterocycles. The summed E-state index contributed by atoms with van der Waals surface area (Å²) in [4.78, 5) is 26.2. The van der Waals surface area contributed by atoms with Crippen LogP contribution in [0.15, 0.2) is 42.5 Å². The molecule has 2 aromatic rings. The summed E-state index contributed by atoms with van der Waals surface area (Å²) in [5.41, 5.74) is 1.32. The second-order valence-electron chi connectivity index (χ2n) is 5.91. The lowest BCUT2D eigenvalue weighted by Gasteiger charge is -2.23. The number of para-hydroxylation sites is 1. The Morgan fingerprint density at radius 3 is 2.48 bits per heavy atom. The number of nitriles is 1. The minimum absolute atomic E-state index is 0.00787.